The molecule has 1 saturated heterocycles. The zero-order valence-corrected chi connectivity index (χ0v) is 16.1. The van der Waals surface area contributed by atoms with Gasteiger partial charge in [-0.15, -0.1) is 0 Å². The number of nitrogens with one attached hydrogen (secondary N) is 1. The van der Waals surface area contributed by atoms with Crippen molar-refractivity contribution in [2.75, 3.05) is 38.2 Å². The molecule has 1 N–H and O–H groups in total. The van der Waals surface area contributed by atoms with E-state index in [0.29, 0.717) is 42.4 Å². The van der Waals surface area contributed by atoms with E-state index < -0.39 is 0 Å². The lowest BCUT2D eigenvalue weighted by Gasteiger charge is -2.15. The number of carbonyl (C=O) groups is 2. The van der Waals surface area contributed by atoms with Crippen molar-refractivity contribution in [3.63, 3.8) is 0 Å². The normalized spacial score (nSPS) is 13.4. The monoisotopic (exact) mass is 382 g/mol. The predicted molar refractivity (Wildman–Crippen MR) is 108 cm³/mol. The summed E-state index contributed by atoms with van der Waals surface area (Å²) in [5.74, 6) is 0.538. The SMILES string of the molecule is CCOCCOc1ccc(C(=O)Nc2ccc(C(=O)N3CCCC3)cc2)cc1. The Balaban J connectivity index is 1.53. The van der Waals surface area contributed by atoms with Gasteiger partial charge >= 0.3 is 0 Å². The van der Waals surface area contributed by atoms with E-state index in [2.05, 4.69) is 5.32 Å². The number of hydrogen-bond donors (Lipinski definition) is 1. The highest BCUT2D eigenvalue weighted by molar-refractivity contribution is 6.04. The molecule has 1 aliphatic heterocycles. The highest BCUT2D eigenvalue weighted by atomic mass is 16.5. The van der Waals surface area contributed by atoms with E-state index in [0.717, 1.165) is 25.9 Å². The van der Waals surface area contributed by atoms with Crippen molar-refractivity contribution >= 4 is 17.5 Å². The molecule has 0 unspecified atom stereocenters. The summed E-state index contributed by atoms with van der Waals surface area (Å²) in [4.78, 5) is 26.6. The molecular formula is C22H26N2O4. The van der Waals surface area contributed by atoms with Crippen LogP contribution in [0, 0.1) is 0 Å². The maximum Gasteiger partial charge on any atom is 0.255 e. The second-order valence-electron chi connectivity index (χ2n) is 6.60. The van der Waals surface area contributed by atoms with E-state index in [9.17, 15) is 9.59 Å². The van der Waals surface area contributed by atoms with Gasteiger partial charge < -0.3 is 19.7 Å². The number of likely N-dealkylation sites (tertiary alicyclic amines) is 1. The number of ether oxygens (including phenoxy) is 2. The first-order chi connectivity index (χ1) is 13.7. The van der Waals surface area contributed by atoms with E-state index in [1.807, 2.05) is 11.8 Å². The Morgan fingerprint density at radius 1 is 0.929 bits per heavy atom. The highest BCUT2D eigenvalue weighted by Gasteiger charge is 2.19. The Morgan fingerprint density at radius 3 is 2.21 bits per heavy atom. The lowest BCUT2D eigenvalue weighted by Crippen LogP contribution is -2.27. The van der Waals surface area contributed by atoms with E-state index in [4.69, 9.17) is 9.47 Å². The van der Waals surface area contributed by atoms with Crippen molar-refractivity contribution < 1.29 is 19.1 Å². The molecule has 0 atom stereocenters. The summed E-state index contributed by atoms with van der Waals surface area (Å²) in [6.45, 7) is 5.25. The van der Waals surface area contributed by atoms with Crippen molar-refractivity contribution in [3.8, 4) is 5.75 Å². The summed E-state index contributed by atoms with van der Waals surface area (Å²) in [6.07, 6.45) is 2.13. The van der Waals surface area contributed by atoms with Gasteiger partial charge in [0.15, 0.2) is 0 Å². The standard InChI is InChI=1S/C22H26N2O4/c1-2-27-15-16-28-20-11-7-17(8-12-20)21(25)23-19-9-5-18(6-10-19)22(26)24-13-3-4-14-24/h5-12H,2-4,13-16H2,1H3,(H,23,25). The third-order valence-corrected chi connectivity index (χ3v) is 4.60. The van der Waals surface area contributed by atoms with Crippen molar-refractivity contribution in [3.05, 3.63) is 59.7 Å². The maximum absolute atomic E-state index is 12.4. The van der Waals surface area contributed by atoms with Crippen LogP contribution in [0.1, 0.15) is 40.5 Å². The van der Waals surface area contributed by atoms with Gasteiger partial charge in [-0.25, -0.2) is 0 Å². The first-order valence-corrected chi connectivity index (χ1v) is 9.68. The maximum atomic E-state index is 12.4. The second-order valence-corrected chi connectivity index (χ2v) is 6.60. The third kappa shape index (κ3) is 5.33. The second kappa shape index (κ2) is 9.90. The average Bonchev–Trinajstić information content (AvgIpc) is 3.26. The molecule has 0 saturated carbocycles. The zero-order valence-electron chi connectivity index (χ0n) is 16.1. The number of hydrogen-bond acceptors (Lipinski definition) is 4. The van der Waals surface area contributed by atoms with Gasteiger partial charge in [0.2, 0.25) is 0 Å². The van der Waals surface area contributed by atoms with Crippen molar-refractivity contribution in [1.29, 1.82) is 0 Å². The molecule has 0 aromatic heterocycles. The molecule has 0 aliphatic carbocycles. The minimum atomic E-state index is -0.209. The van der Waals surface area contributed by atoms with Crippen LogP contribution in [0.25, 0.3) is 0 Å². The molecule has 0 bridgehead atoms. The first kappa shape index (κ1) is 19.9. The van der Waals surface area contributed by atoms with Crippen LogP contribution in [0.4, 0.5) is 5.69 Å². The predicted octanol–water partition coefficient (Wildman–Crippen LogP) is 3.59. The molecule has 6 nitrogen and oxygen atoms in total. The van der Waals surface area contributed by atoms with Crippen LogP contribution in [-0.2, 0) is 4.74 Å². The molecule has 0 radical (unpaired) electrons. The van der Waals surface area contributed by atoms with Crippen LogP contribution < -0.4 is 10.1 Å². The van der Waals surface area contributed by atoms with Crippen LogP contribution in [0.3, 0.4) is 0 Å². The van der Waals surface area contributed by atoms with Gasteiger partial charge in [0.1, 0.15) is 12.4 Å². The lowest BCUT2D eigenvalue weighted by molar-refractivity contribution is 0.0792. The summed E-state index contributed by atoms with van der Waals surface area (Å²) in [5, 5.41) is 2.85. The minimum absolute atomic E-state index is 0.0512. The molecule has 148 valence electrons. The van der Waals surface area contributed by atoms with Gasteiger partial charge in [-0.3, -0.25) is 9.59 Å². The third-order valence-electron chi connectivity index (χ3n) is 4.60. The minimum Gasteiger partial charge on any atom is -0.491 e. The van der Waals surface area contributed by atoms with Gasteiger partial charge in [0.05, 0.1) is 6.61 Å². The van der Waals surface area contributed by atoms with Crippen LogP contribution in [0.2, 0.25) is 0 Å². The van der Waals surface area contributed by atoms with E-state index in [-0.39, 0.29) is 11.8 Å². The zero-order chi connectivity index (χ0) is 19.8. The summed E-state index contributed by atoms with van der Waals surface area (Å²) >= 11 is 0. The fraction of sp³-hybridized carbons (Fsp3) is 0.364. The van der Waals surface area contributed by atoms with Gasteiger partial charge in [-0.2, -0.15) is 0 Å². The van der Waals surface area contributed by atoms with E-state index >= 15 is 0 Å². The Morgan fingerprint density at radius 2 is 1.57 bits per heavy atom. The molecule has 1 aliphatic rings. The van der Waals surface area contributed by atoms with Crippen molar-refractivity contribution in [2.45, 2.75) is 19.8 Å². The van der Waals surface area contributed by atoms with Crippen LogP contribution >= 0.6 is 0 Å². The summed E-state index contributed by atoms with van der Waals surface area (Å²) in [7, 11) is 0. The molecule has 6 heteroatoms. The summed E-state index contributed by atoms with van der Waals surface area (Å²) < 4.78 is 10.8. The van der Waals surface area contributed by atoms with Crippen LogP contribution in [0.5, 0.6) is 5.75 Å². The van der Waals surface area contributed by atoms with E-state index in [1.54, 1.807) is 48.5 Å². The van der Waals surface area contributed by atoms with Gasteiger partial charge in [0.25, 0.3) is 11.8 Å². The summed E-state index contributed by atoms with van der Waals surface area (Å²) in [5.41, 5.74) is 1.84. The van der Waals surface area contributed by atoms with Crippen molar-refractivity contribution in [1.82, 2.24) is 4.90 Å². The Kier molecular flexibility index (Phi) is 7.03. The topological polar surface area (TPSA) is 67.9 Å². The first-order valence-electron chi connectivity index (χ1n) is 9.68. The fourth-order valence-corrected chi connectivity index (χ4v) is 3.07. The van der Waals surface area contributed by atoms with Gasteiger partial charge in [-0.1, -0.05) is 0 Å². The van der Waals surface area contributed by atoms with Gasteiger partial charge in [-0.05, 0) is 68.3 Å². The average molecular weight is 382 g/mol. The number of amides is 2. The van der Waals surface area contributed by atoms with Crippen LogP contribution in [0.15, 0.2) is 48.5 Å². The van der Waals surface area contributed by atoms with Crippen LogP contribution in [-0.4, -0.2) is 49.6 Å². The lowest BCUT2D eigenvalue weighted by atomic mass is 10.1. The Labute approximate surface area is 165 Å². The molecule has 0 spiro atoms. The number of benzene rings is 2. The molecule has 2 aromatic rings. The van der Waals surface area contributed by atoms with Gasteiger partial charge in [0, 0.05) is 36.5 Å². The molecular weight excluding hydrogens is 356 g/mol. The number of carbonyl (C=O) groups excluding carboxylic acids is 2. The Bertz CT molecular complexity index is 781. The largest absolute Gasteiger partial charge is 0.491 e. The molecule has 28 heavy (non-hydrogen) atoms. The highest BCUT2D eigenvalue weighted by Crippen LogP contribution is 2.17. The van der Waals surface area contributed by atoms with Crippen molar-refractivity contribution in [2.24, 2.45) is 0 Å². The molecule has 2 aromatic carbocycles. The quantitative estimate of drug-likeness (QED) is 0.709. The smallest absolute Gasteiger partial charge is 0.255 e. The molecule has 3 rings (SSSR count). The number of nitrogens with zero attached hydrogens (tertiary/aromatic N) is 1. The summed E-state index contributed by atoms with van der Waals surface area (Å²) in [6, 6.07) is 14.0. The number of rotatable bonds is 8. The molecule has 1 fully saturated rings. The fourth-order valence-electron chi connectivity index (χ4n) is 3.07. The Hall–Kier alpha value is -2.86. The molecule has 1 heterocycles. The molecule has 2 amide bonds. The van der Waals surface area contributed by atoms with E-state index in [1.165, 1.54) is 0 Å². The number of anilines is 1.